The Hall–Kier alpha value is -1.62. The average Bonchev–Trinajstić information content (AvgIpc) is 3.08. The first-order chi connectivity index (χ1) is 8.74. The van der Waals surface area contributed by atoms with Crippen LogP contribution in [0.2, 0.25) is 0 Å². The predicted octanol–water partition coefficient (Wildman–Crippen LogP) is 2.92. The number of nitrogens with one attached hydrogen (secondary N) is 1. The summed E-state index contributed by atoms with van der Waals surface area (Å²) in [5.41, 5.74) is 6.89. The molecule has 3 N–H and O–H groups in total. The van der Waals surface area contributed by atoms with Crippen LogP contribution >= 0.6 is 11.3 Å². The van der Waals surface area contributed by atoms with Crippen molar-refractivity contribution in [2.24, 2.45) is 0 Å². The van der Waals surface area contributed by atoms with E-state index in [0.717, 1.165) is 23.8 Å². The number of nitrogen functional groups attached to an aromatic ring is 1. The van der Waals surface area contributed by atoms with Crippen molar-refractivity contribution in [3.05, 3.63) is 33.8 Å². The number of thiophene rings is 1. The topological polar surface area (TPSA) is 63.8 Å². The maximum absolute atomic E-state index is 5.95. The number of rotatable bonds is 4. The Morgan fingerprint density at radius 2 is 2.28 bits per heavy atom. The van der Waals surface area contributed by atoms with Crippen LogP contribution < -0.4 is 11.1 Å². The van der Waals surface area contributed by atoms with E-state index in [1.807, 2.05) is 6.92 Å². The molecule has 2 aromatic heterocycles. The van der Waals surface area contributed by atoms with Crippen LogP contribution in [0, 0.1) is 6.92 Å². The lowest BCUT2D eigenvalue weighted by atomic mass is 10.3. The molecule has 5 heteroatoms. The molecule has 0 aliphatic heterocycles. The maximum atomic E-state index is 5.95. The highest BCUT2D eigenvalue weighted by Crippen LogP contribution is 2.39. The Labute approximate surface area is 110 Å². The lowest BCUT2D eigenvalue weighted by Crippen LogP contribution is -2.08. The summed E-state index contributed by atoms with van der Waals surface area (Å²) < 4.78 is 0. The van der Waals surface area contributed by atoms with E-state index >= 15 is 0 Å². The van der Waals surface area contributed by atoms with Crippen LogP contribution in [0.3, 0.4) is 0 Å². The minimum Gasteiger partial charge on any atom is -0.383 e. The third kappa shape index (κ3) is 2.31. The molecular weight excluding hydrogens is 244 g/mol. The van der Waals surface area contributed by atoms with Gasteiger partial charge >= 0.3 is 0 Å². The highest BCUT2D eigenvalue weighted by molar-refractivity contribution is 7.09. The molecule has 1 fully saturated rings. The van der Waals surface area contributed by atoms with Crippen LogP contribution in [0.4, 0.5) is 11.6 Å². The lowest BCUT2D eigenvalue weighted by molar-refractivity contribution is 0.918. The second-order valence-electron chi connectivity index (χ2n) is 4.65. The van der Waals surface area contributed by atoms with Crippen LogP contribution in [0.25, 0.3) is 0 Å². The molecule has 3 rings (SSSR count). The molecule has 0 atom stereocenters. The van der Waals surface area contributed by atoms with Gasteiger partial charge in [0.25, 0.3) is 0 Å². The molecule has 0 amide bonds. The van der Waals surface area contributed by atoms with Crippen LogP contribution in [-0.4, -0.2) is 9.97 Å². The zero-order valence-electron chi connectivity index (χ0n) is 10.3. The second kappa shape index (κ2) is 4.57. The van der Waals surface area contributed by atoms with Crippen molar-refractivity contribution in [1.82, 2.24) is 9.97 Å². The number of hydrogen-bond donors (Lipinski definition) is 2. The standard InChI is InChI=1S/C13H16N4S/c1-8-11(14)16-13(9-4-5-9)17-12(8)15-7-10-3-2-6-18-10/h2-3,6,9H,4-5,7H2,1H3,(H3,14,15,16,17). The summed E-state index contributed by atoms with van der Waals surface area (Å²) >= 11 is 1.74. The number of nitrogens with zero attached hydrogens (tertiary/aromatic N) is 2. The van der Waals surface area contributed by atoms with Crippen molar-refractivity contribution in [1.29, 1.82) is 0 Å². The Morgan fingerprint density at radius 3 is 2.94 bits per heavy atom. The second-order valence-corrected chi connectivity index (χ2v) is 5.68. The highest BCUT2D eigenvalue weighted by atomic mass is 32.1. The Morgan fingerprint density at radius 1 is 1.44 bits per heavy atom. The third-order valence-electron chi connectivity index (χ3n) is 3.15. The summed E-state index contributed by atoms with van der Waals surface area (Å²) in [5.74, 6) is 2.89. The molecule has 0 aromatic carbocycles. The average molecular weight is 260 g/mol. The molecule has 2 heterocycles. The van der Waals surface area contributed by atoms with E-state index in [-0.39, 0.29) is 0 Å². The smallest absolute Gasteiger partial charge is 0.136 e. The fourth-order valence-electron chi connectivity index (χ4n) is 1.83. The van der Waals surface area contributed by atoms with Crippen molar-refractivity contribution < 1.29 is 0 Å². The molecule has 18 heavy (non-hydrogen) atoms. The zero-order chi connectivity index (χ0) is 12.5. The van der Waals surface area contributed by atoms with Gasteiger partial charge in [0.05, 0.1) is 6.54 Å². The molecule has 0 bridgehead atoms. The van der Waals surface area contributed by atoms with Gasteiger partial charge in [0, 0.05) is 16.4 Å². The van der Waals surface area contributed by atoms with Gasteiger partial charge in [0.15, 0.2) is 0 Å². The van der Waals surface area contributed by atoms with Gasteiger partial charge in [0.1, 0.15) is 17.5 Å². The van der Waals surface area contributed by atoms with Crippen molar-refractivity contribution in [3.63, 3.8) is 0 Å². The van der Waals surface area contributed by atoms with E-state index in [4.69, 9.17) is 5.73 Å². The van der Waals surface area contributed by atoms with Crippen LogP contribution in [0.5, 0.6) is 0 Å². The first-order valence-electron chi connectivity index (χ1n) is 6.14. The summed E-state index contributed by atoms with van der Waals surface area (Å²) in [7, 11) is 0. The molecule has 4 nitrogen and oxygen atoms in total. The molecule has 0 unspecified atom stereocenters. The molecular formula is C13H16N4S. The van der Waals surface area contributed by atoms with Crippen molar-refractivity contribution in [3.8, 4) is 0 Å². The Balaban J connectivity index is 1.81. The summed E-state index contributed by atoms with van der Waals surface area (Å²) in [6.07, 6.45) is 2.37. The van der Waals surface area contributed by atoms with E-state index in [0.29, 0.717) is 11.7 Å². The third-order valence-corrected chi connectivity index (χ3v) is 4.03. The SMILES string of the molecule is Cc1c(N)nc(C2CC2)nc1NCc1cccs1. The summed E-state index contributed by atoms with van der Waals surface area (Å²) in [6.45, 7) is 2.75. The number of anilines is 2. The van der Waals surface area contributed by atoms with E-state index in [9.17, 15) is 0 Å². The minimum absolute atomic E-state index is 0.523. The summed E-state index contributed by atoms with van der Waals surface area (Å²) in [5, 5.41) is 5.44. The van der Waals surface area contributed by atoms with Gasteiger partial charge in [-0.3, -0.25) is 0 Å². The fraction of sp³-hybridized carbons (Fsp3) is 0.385. The largest absolute Gasteiger partial charge is 0.383 e. The predicted molar refractivity (Wildman–Crippen MR) is 74.8 cm³/mol. The van der Waals surface area contributed by atoms with Crippen molar-refractivity contribution in [2.45, 2.75) is 32.2 Å². The zero-order valence-corrected chi connectivity index (χ0v) is 11.1. The first kappa shape index (κ1) is 11.5. The minimum atomic E-state index is 0.523. The van der Waals surface area contributed by atoms with Crippen molar-refractivity contribution in [2.75, 3.05) is 11.1 Å². The van der Waals surface area contributed by atoms with E-state index in [1.54, 1.807) is 11.3 Å². The maximum Gasteiger partial charge on any atom is 0.136 e. The van der Waals surface area contributed by atoms with Gasteiger partial charge in [-0.05, 0) is 31.2 Å². The molecule has 1 saturated carbocycles. The Bertz CT molecular complexity index is 546. The van der Waals surface area contributed by atoms with Gasteiger partial charge in [-0.2, -0.15) is 0 Å². The van der Waals surface area contributed by atoms with E-state index < -0.39 is 0 Å². The summed E-state index contributed by atoms with van der Waals surface area (Å²) in [6, 6.07) is 4.16. The molecule has 2 aromatic rings. The van der Waals surface area contributed by atoms with Gasteiger partial charge in [-0.15, -0.1) is 11.3 Å². The van der Waals surface area contributed by atoms with Gasteiger partial charge < -0.3 is 11.1 Å². The molecule has 94 valence electrons. The van der Waals surface area contributed by atoms with Crippen LogP contribution in [-0.2, 0) is 6.54 Å². The van der Waals surface area contributed by atoms with E-state index in [1.165, 1.54) is 17.7 Å². The van der Waals surface area contributed by atoms with Gasteiger partial charge in [-0.1, -0.05) is 6.07 Å². The van der Waals surface area contributed by atoms with Crippen molar-refractivity contribution >= 4 is 23.0 Å². The normalized spacial score (nSPS) is 14.7. The molecule has 1 aliphatic carbocycles. The fourth-order valence-corrected chi connectivity index (χ4v) is 2.48. The van der Waals surface area contributed by atoms with E-state index in [2.05, 4.69) is 32.8 Å². The monoisotopic (exact) mass is 260 g/mol. The quantitative estimate of drug-likeness (QED) is 0.887. The molecule has 1 aliphatic rings. The number of aromatic nitrogens is 2. The van der Waals surface area contributed by atoms with Gasteiger partial charge in [-0.25, -0.2) is 9.97 Å². The molecule has 0 spiro atoms. The van der Waals surface area contributed by atoms with Crippen LogP contribution in [0.1, 0.15) is 35.0 Å². The molecule has 0 radical (unpaired) electrons. The number of nitrogens with two attached hydrogens (primary N) is 1. The van der Waals surface area contributed by atoms with Gasteiger partial charge in [0.2, 0.25) is 0 Å². The summed E-state index contributed by atoms with van der Waals surface area (Å²) in [4.78, 5) is 10.3. The molecule has 0 saturated heterocycles. The lowest BCUT2D eigenvalue weighted by Gasteiger charge is -2.11. The highest BCUT2D eigenvalue weighted by Gasteiger charge is 2.27. The number of hydrogen-bond acceptors (Lipinski definition) is 5. The Kier molecular flexibility index (Phi) is 2.91. The first-order valence-corrected chi connectivity index (χ1v) is 7.02. The van der Waals surface area contributed by atoms with Crippen LogP contribution in [0.15, 0.2) is 17.5 Å².